The summed E-state index contributed by atoms with van der Waals surface area (Å²) < 4.78 is 5.12. The molecule has 1 fully saturated rings. The molecular formula is C21H22N4O3. The van der Waals surface area contributed by atoms with E-state index in [0.717, 1.165) is 22.4 Å². The summed E-state index contributed by atoms with van der Waals surface area (Å²) in [5.41, 5.74) is 3.90. The van der Waals surface area contributed by atoms with Crippen LogP contribution in [0.15, 0.2) is 41.0 Å². The quantitative estimate of drug-likeness (QED) is 0.757. The number of likely N-dealkylation sites (tertiary alicyclic amines) is 1. The van der Waals surface area contributed by atoms with E-state index >= 15 is 0 Å². The molecule has 0 aliphatic carbocycles. The molecule has 1 N–H and O–H groups in total. The fourth-order valence-electron chi connectivity index (χ4n) is 3.44. The molecule has 1 saturated heterocycles. The number of hydrogen-bond acceptors (Lipinski definition) is 5. The standard InChI is InChI=1S/C21H22N4O3/c1-13-14(2)23-18-12-15(5-6-17(18)22-13)21(27)25-9-7-16(8-10-25)24-20(26)19-4-3-11-28-19/h3-6,11-12,16H,7-10H2,1-2H3,(H,24,26). The van der Waals surface area contributed by atoms with Crippen molar-refractivity contribution in [3.05, 3.63) is 59.3 Å². The average molecular weight is 378 g/mol. The Balaban J connectivity index is 1.40. The van der Waals surface area contributed by atoms with Crippen molar-refractivity contribution in [2.45, 2.75) is 32.7 Å². The molecule has 1 aromatic carbocycles. The molecule has 144 valence electrons. The van der Waals surface area contributed by atoms with E-state index in [1.165, 1.54) is 6.26 Å². The predicted octanol–water partition coefficient (Wildman–Crippen LogP) is 2.87. The van der Waals surface area contributed by atoms with Gasteiger partial charge in [0.05, 0.1) is 28.7 Å². The molecule has 3 aromatic rings. The van der Waals surface area contributed by atoms with Gasteiger partial charge in [-0.05, 0) is 57.0 Å². The van der Waals surface area contributed by atoms with Gasteiger partial charge in [0.15, 0.2) is 5.76 Å². The van der Waals surface area contributed by atoms with Gasteiger partial charge in [-0.1, -0.05) is 0 Å². The maximum Gasteiger partial charge on any atom is 0.287 e. The zero-order valence-corrected chi connectivity index (χ0v) is 15.9. The van der Waals surface area contributed by atoms with Crippen molar-refractivity contribution in [3.8, 4) is 0 Å². The first kappa shape index (κ1) is 18.2. The number of piperidine rings is 1. The number of nitrogens with zero attached hydrogens (tertiary/aromatic N) is 3. The molecule has 0 bridgehead atoms. The third-order valence-corrected chi connectivity index (χ3v) is 5.18. The lowest BCUT2D eigenvalue weighted by Gasteiger charge is -2.32. The molecule has 0 unspecified atom stereocenters. The molecule has 4 rings (SSSR count). The Hall–Kier alpha value is -3.22. The summed E-state index contributed by atoms with van der Waals surface area (Å²) in [6.07, 6.45) is 2.90. The van der Waals surface area contributed by atoms with E-state index in [-0.39, 0.29) is 17.9 Å². The van der Waals surface area contributed by atoms with Crippen LogP contribution < -0.4 is 5.32 Å². The number of amides is 2. The first-order chi connectivity index (χ1) is 13.5. The molecule has 0 radical (unpaired) electrons. The lowest BCUT2D eigenvalue weighted by molar-refractivity contribution is 0.0696. The Bertz CT molecular complexity index is 1020. The highest BCUT2D eigenvalue weighted by atomic mass is 16.3. The van der Waals surface area contributed by atoms with Crippen LogP contribution in [0.3, 0.4) is 0 Å². The number of carbonyl (C=O) groups excluding carboxylic acids is 2. The minimum Gasteiger partial charge on any atom is -0.459 e. The maximum absolute atomic E-state index is 12.9. The van der Waals surface area contributed by atoms with E-state index in [1.807, 2.05) is 30.9 Å². The van der Waals surface area contributed by atoms with Gasteiger partial charge >= 0.3 is 0 Å². The Morgan fingerprint density at radius 1 is 1.07 bits per heavy atom. The summed E-state index contributed by atoms with van der Waals surface area (Å²) in [6, 6.07) is 8.82. The first-order valence-electron chi connectivity index (χ1n) is 9.40. The number of hydrogen-bond donors (Lipinski definition) is 1. The molecule has 28 heavy (non-hydrogen) atoms. The van der Waals surface area contributed by atoms with Crippen LogP contribution in [-0.4, -0.2) is 45.8 Å². The second-order valence-electron chi connectivity index (χ2n) is 7.12. The average Bonchev–Trinajstić information content (AvgIpc) is 3.24. The van der Waals surface area contributed by atoms with E-state index in [2.05, 4.69) is 15.3 Å². The number of benzene rings is 1. The Labute approximate surface area is 162 Å². The van der Waals surface area contributed by atoms with Gasteiger partial charge in [-0.2, -0.15) is 0 Å². The van der Waals surface area contributed by atoms with Crippen LogP contribution in [-0.2, 0) is 0 Å². The van der Waals surface area contributed by atoms with Crippen molar-refractivity contribution in [1.29, 1.82) is 0 Å². The fourth-order valence-corrected chi connectivity index (χ4v) is 3.44. The highest BCUT2D eigenvalue weighted by molar-refractivity contribution is 5.97. The van der Waals surface area contributed by atoms with E-state index in [0.29, 0.717) is 37.3 Å². The summed E-state index contributed by atoms with van der Waals surface area (Å²) in [5, 5.41) is 2.97. The SMILES string of the molecule is Cc1nc2ccc(C(=O)N3CCC(NC(=O)c4ccco4)CC3)cc2nc1C. The van der Waals surface area contributed by atoms with E-state index in [1.54, 1.807) is 18.2 Å². The molecule has 1 aliphatic rings. The van der Waals surface area contributed by atoms with Crippen molar-refractivity contribution in [3.63, 3.8) is 0 Å². The van der Waals surface area contributed by atoms with E-state index in [4.69, 9.17) is 4.42 Å². The molecule has 0 atom stereocenters. The number of aromatic nitrogens is 2. The Kier molecular flexibility index (Phi) is 4.81. The van der Waals surface area contributed by atoms with Crippen molar-refractivity contribution in [2.24, 2.45) is 0 Å². The van der Waals surface area contributed by atoms with Crippen LogP contribution in [0.5, 0.6) is 0 Å². The monoisotopic (exact) mass is 378 g/mol. The van der Waals surface area contributed by atoms with Gasteiger partial charge in [0.25, 0.3) is 11.8 Å². The van der Waals surface area contributed by atoms with Gasteiger partial charge < -0.3 is 14.6 Å². The third-order valence-electron chi connectivity index (χ3n) is 5.18. The number of carbonyl (C=O) groups is 2. The minimum absolute atomic E-state index is 0.0160. The smallest absolute Gasteiger partial charge is 0.287 e. The summed E-state index contributed by atoms with van der Waals surface area (Å²) in [4.78, 5) is 35.9. The molecule has 1 aliphatic heterocycles. The van der Waals surface area contributed by atoms with Crippen LogP contribution in [0.4, 0.5) is 0 Å². The summed E-state index contributed by atoms with van der Waals surface area (Å²) in [5.74, 6) is 0.0765. The number of nitrogens with one attached hydrogen (secondary N) is 1. The molecular weight excluding hydrogens is 356 g/mol. The predicted molar refractivity (Wildman–Crippen MR) is 104 cm³/mol. The van der Waals surface area contributed by atoms with E-state index in [9.17, 15) is 9.59 Å². The fraction of sp³-hybridized carbons (Fsp3) is 0.333. The normalized spacial score (nSPS) is 15.0. The van der Waals surface area contributed by atoms with Gasteiger partial charge in [0.1, 0.15) is 0 Å². The molecule has 2 amide bonds. The lowest BCUT2D eigenvalue weighted by Crippen LogP contribution is -2.46. The summed E-state index contributed by atoms with van der Waals surface area (Å²) in [6.45, 7) is 5.03. The Morgan fingerprint density at radius 2 is 1.79 bits per heavy atom. The van der Waals surface area contributed by atoms with Crippen LogP contribution >= 0.6 is 0 Å². The molecule has 3 heterocycles. The first-order valence-corrected chi connectivity index (χ1v) is 9.40. The van der Waals surface area contributed by atoms with Gasteiger partial charge in [-0.25, -0.2) is 9.97 Å². The summed E-state index contributed by atoms with van der Waals surface area (Å²) >= 11 is 0. The lowest BCUT2D eigenvalue weighted by atomic mass is 10.0. The minimum atomic E-state index is -0.214. The molecule has 2 aromatic heterocycles. The number of rotatable bonds is 3. The second kappa shape index (κ2) is 7.42. The number of aryl methyl sites for hydroxylation is 2. The van der Waals surface area contributed by atoms with Crippen molar-refractivity contribution in [2.75, 3.05) is 13.1 Å². The number of furan rings is 1. The van der Waals surface area contributed by atoms with Crippen LogP contribution in [0.25, 0.3) is 11.0 Å². The zero-order valence-electron chi connectivity index (χ0n) is 15.9. The topological polar surface area (TPSA) is 88.3 Å². The number of fused-ring (bicyclic) bond motifs is 1. The molecule has 0 spiro atoms. The van der Waals surface area contributed by atoms with Gasteiger partial charge in [0, 0.05) is 24.7 Å². The van der Waals surface area contributed by atoms with Gasteiger partial charge in [-0.3, -0.25) is 9.59 Å². The molecule has 0 saturated carbocycles. The summed E-state index contributed by atoms with van der Waals surface area (Å²) in [7, 11) is 0. The Morgan fingerprint density at radius 3 is 2.46 bits per heavy atom. The second-order valence-corrected chi connectivity index (χ2v) is 7.12. The highest BCUT2D eigenvalue weighted by Gasteiger charge is 2.25. The largest absolute Gasteiger partial charge is 0.459 e. The third kappa shape index (κ3) is 3.60. The maximum atomic E-state index is 12.9. The molecule has 7 heteroatoms. The van der Waals surface area contributed by atoms with Crippen molar-refractivity contribution >= 4 is 22.8 Å². The highest BCUT2D eigenvalue weighted by Crippen LogP contribution is 2.18. The van der Waals surface area contributed by atoms with Crippen molar-refractivity contribution in [1.82, 2.24) is 20.2 Å². The van der Waals surface area contributed by atoms with Crippen LogP contribution in [0.1, 0.15) is 45.1 Å². The van der Waals surface area contributed by atoms with Crippen LogP contribution in [0, 0.1) is 13.8 Å². The van der Waals surface area contributed by atoms with E-state index < -0.39 is 0 Å². The van der Waals surface area contributed by atoms with Gasteiger partial charge in [0.2, 0.25) is 0 Å². The zero-order chi connectivity index (χ0) is 19.7. The van der Waals surface area contributed by atoms with Crippen LogP contribution in [0.2, 0.25) is 0 Å². The molecule has 7 nitrogen and oxygen atoms in total. The van der Waals surface area contributed by atoms with Gasteiger partial charge in [-0.15, -0.1) is 0 Å². The van der Waals surface area contributed by atoms with Crippen molar-refractivity contribution < 1.29 is 14.0 Å².